The molecule has 5 nitrogen and oxygen atoms in total. The number of nitrogens with one attached hydrogen (secondary N) is 1. The van der Waals surface area contributed by atoms with Gasteiger partial charge in [-0.25, -0.2) is 0 Å². The SMILES string of the molecule is CC1Oc2ccc(CNC(=O)CCc3ccccc3)cc2N(C)C1=O. The standard InChI is InChI=1S/C20H22N2O3/c1-14-20(24)22(2)17-12-16(8-10-18(17)25-14)13-21-19(23)11-9-15-6-4-3-5-7-15/h3-8,10,12,14H,9,11,13H2,1-2H3,(H,21,23). The second kappa shape index (κ2) is 7.38. The minimum Gasteiger partial charge on any atom is -0.479 e. The lowest BCUT2D eigenvalue weighted by molar-refractivity contribution is -0.125. The Morgan fingerprint density at radius 2 is 1.92 bits per heavy atom. The number of amides is 2. The minimum atomic E-state index is -0.471. The second-order valence-electron chi connectivity index (χ2n) is 6.22. The van der Waals surface area contributed by atoms with Crippen LogP contribution in [0.25, 0.3) is 0 Å². The first-order chi connectivity index (χ1) is 12.0. The highest BCUT2D eigenvalue weighted by Crippen LogP contribution is 2.33. The Morgan fingerprint density at radius 1 is 1.16 bits per heavy atom. The quantitative estimate of drug-likeness (QED) is 0.912. The summed E-state index contributed by atoms with van der Waals surface area (Å²) in [6.07, 6.45) is 0.703. The Balaban J connectivity index is 1.57. The molecule has 1 unspecified atom stereocenters. The van der Waals surface area contributed by atoms with E-state index in [2.05, 4.69) is 5.32 Å². The Bertz CT molecular complexity index is 774. The van der Waals surface area contributed by atoms with Gasteiger partial charge in [-0.05, 0) is 36.6 Å². The smallest absolute Gasteiger partial charge is 0.267 e. The number of hydrogen-bond donors (Lipinski definition) is 1. The summed E-state index contributed by atoms with van der Waals surface area (Å²) < 4.78 is 5.60. The van der Waals surface area contributed by atoms with Crippen LogP contribution in [0.3, 0.4) is 0 Å². The molecule has 0 radical (unpaired) electrons. The Morgan fingerprint density at radius 3 is 2.68 bits per heavy atom. The maximum absolute atomic E-state index is 12.0. The number of fused-ring (bicyclic) bond motifs is 1. The van der Waals surface area contributed by atoms with Crippen LogP contribution >= 0.6 is 0 Å². The van der Waals surface area contributed by atoms with E-state index in [-0.39, 0.29) is 11.8 Å². The highest BCUT2D eigenvalue weighted by molar-refractivity contribution is 5.99. The van der Waals surface area contributed by atoms with E-state index >= 15 is 0 Å². The summed E-state index contributed by atoms with van der Waals surface area (Å²) >= 11 is 0. The third-order valence-electron chi connectivity index (χ3n) is 4.34. The first kappa shape index (κ1) is 17.0. The van der Waals surface area contributed by atoms with Crippen LogP contribution in [-0.2, 0) is 22.6 Å². The van der Waals surface area contributed by atoms with Gasteiger partial charge in [-0.15, -0.1) is 0 Å². The summed E-state index contributed by atoms with van der Waals surface area (Å²) in [6.45, 7) is 2.17. The molecular formula is C20H22N2O3. The molecule has 1 atom stereocenters. The van der Waals surface area contributed by atoms with Crippen LogP contribution in [0.5, 0.6) is 5.75 Å². The van der Waals surface area contributed by atoms with Crippen molar-refractivity contribution >= 4 is 17.5 Å². The van der Waals surface area contributed by atoms with E-state index < -0.39 is 6.10 Å². The highest BCUT2D eigenvalue weighted by Gasteiger charge is 2.28. The summed E-state index contributed by atoms with van der Waals surface area (Å²) in [7, 11) is 1.74. The molecule has 0 fully saturated rings. The monoisotopic (exact) mass is 338 g/mol. The molecule has 2 aromatic carbocycles. The van der Waals surface area contributed by atoms with E-state index in [0.717, 1.165) is 23.2 Å². The molecule has 1 aliphatic rings. The fraction of sp³-hybridized carbons (Fsp3) is 0.300. The number of hydrogen-bond acceptors (Lipinski definition) is 3. The van der Waals surface area contributed by atoms with Gasteiger partial charge >= 0.3 is 0 Å². The van der Waals surface area contributed by atoms with Crippen LogP contribution in [0.15, 0.2) is 48.5 Å². The van der Waals surface area contributed by atoms with E-state index in [1.165, 1.54) is 0 Å². The maximum atomic E-state index is 12.0. The Labute approximate surface area is 147 Å². The van der Waals surface area contributed by atoms with Crippen LogP contribution in [0.2, 0.25) is 0 Å². The van der Waals surface area contributed by atoms with Crippen molar-refractivity contribution in [1.82, 2.24) is 5.32 Å². The van der Waals surface area contributed by atoms with Crippen molar-refractivity contribution in [2.75, 3.05) is 11.9 Å². The molecule has 0 saturated carbocycles. The van der Waals surface area contributed by atoms with Gasteiger partial charge < -0.3 is 15.0 Å². The Hall–Kier alpha value is -2.82. The number of carbonyl (C=O) groups is 2. The predicted octanol–water partition coefficient (Wildman–Crippen LogP) is 2.68. The first-order valence-electron chi connectivity index (χ1n) is 8.42. The Kier molecular flexibility index (Phi) is 5.03. The molecule has 5 heteroatoms. The molecule has 0 spiro atoms. The number of ether oxygens (including phenoxy) is 1. The molecule has 2 aromatic rings. The fourth-order valence-electron chi connectivity index (χ4n) is 2.86. The second-order valence-corrected chi connectivity index (χ2v) is 6.22. The molecular weight excluding hydrogens is 316 g/mol. The van der Waals surface area contributed by atoms with Gasteiger partial charge in [0, 0.05) is 20.0 Å². The molecule has 0 bridgehead atoms. The number of anilines is 1. The summed E-state index contributed by atoms with van der Waals surface area (Å²) in [5.74, 6) is 0.626. The average Bonchev–Trinajstić information content (AvgIpc) is 2.64. The van der Waals surface area contributed by atoms with E-state index in [9.17, 15) is 9.59 Å². The van der Waals surface area contributed by atoms with Crippen LogP contribution < -0.4 is 15.0 Å². The molecule has 1 aliphatic heterocycles. The zero-order valence-corrected chi connectivity index (χ0v) is 14.5. The number of nitrogens with zero attached hydrogens (tertiary/aromatic N) is 1. The molecule has 0 aromatic heterocycles. The maximum Gasteiger partial charge on any atom is 0.267 e. The van der Waals surface area contributed by atoms with Crippen molar-refractivity contribution in [3.63, 3.8) is 0 Å². The van der Waals surface area contributed by atoms with Crippen LogP contribution in [0.4, 0.5) is 5.69 Å². The van der Waals surface area contributed by atoms with Crippen molar-refractivity contribution < 1.29 is 14.3 Å². The van der Waals surface area contributed by atoms with Gasteiger partial charge in [-0.3, -0.25) is 9.59 Å². The molecule has 1 heterocycles. The minimum absolute atomic E-state index is 0.0101. The lowest BCUT2D eigenvalue weighted by Gasteiger charge is -2.30. The number of aryl methyl sites for hydroxylation is 1. The van der Waals surface area contributed by atoms with Crippen molar-refractivity contribution in [2.45, 2.75) is 32.4 Å². The predicted molar refractivity (Wildman–Crippen MR) is 96.6 cm³/mol. The van der Waals surface area contributed by atoms with Gasteiger partial charge in [0.1, 0.15) is 5.75 Å². The van der Waals surface area contributed by atoms with Crippen LogP contribution in [0.1, 0.15) is 24.5 Å². The van der Waals surface area contributed by atoms with Crippen molar-refractivity contribution in [3.05, 3.63) is 59.7 Å². The normalized spacial score (nSPS) is 16.2. The lowest BCUT2D eigenvalue weighted by Crippen LogP contribution is -2.42. The fourth-order valence-corrected chi connectivity index (χ4v) is 2.86. The zero-order valence-electron chi connectivity index (χ0n) is 14.5. The number of benzene rings is 2. The largest absolute Gasteiger partial charge is 0.479 e. The molecule has 25 heavy (non-hydrogen) atoms. The summed E-state index contributed by atoms with van der Waals surface area (Å²) in [5.41, 5.74) is 2.82. The van der Waals surface area contributed by atoms with E-state index in [1.807, 2.05) is 48.5 Å². The van der Waals surface area contributed by atoms with Crippen LogP contribution in [-0.4, -0.2) is 25.0 Å². The molecule has 2 amide bonds. The zero-order chi connectivity index (χ0) is 17.8. The molecule has 1 N–H and O–H groups in total. The summed E-state index contributed by atoms with van der Waals surface area (Å²) in [6, 6.07) is 15.6. The van der Waals surface area contributed by atoms with Crippen molar-refractivity contribution in [3.8, 4) is 5.75 Å². The van der Waals surface area contributed by atoms with E-state index in [0.29, 0.717) is 18.7 Å². The molecule has 0 aliphatic carbocycles. The van der Waals surface area contributed by atoms with Gasteiger partial charge in [-0.1, -0.05) is 36.4 Å². The van der Waals surface area contributed by atoms with Crippen molar-refractivity contribution in [1.29, 1.82) is 0 Å². The third kappa shape index (κ3) is 3.99. The topological polar surface area (TPSA) is 58.6 Å². The van der Waals surface area contributed by atoms with Gasteiger partial charge in [0.25, 0.3) is 5.91 Å². The summed E-state index contributed by atoms with van der Waals surface area (Å²) in [5, 5.41) is 2.93. The van der Waals surface area contributed by atoms with E-state index in [1.54, 1.807) is 18.9 Å². The number of likely N-dealkylation sites (N-methyl/N-ethyl adjacent to an activating group) is 1. The molecule has 0 saturated heterocycles. The average molecular weight is 338 g/mol. The van der Waals surface area contributed by atoms with Gasteiger partial charge in [0.2, 0.25) is 5.91 Å². The lowest BCUT2D eigenvalue weighted by atomic mass is 10.1. The first-order valence-corrected chi connectivity index (χ1v) is 8.42. The number of rotatable bonds is 5. The highest BCUT2D eigenvalue weighted by atomic mass is 16.5. The van der Waals surface area contributed by atoms with Crippen molar-refractivity contribution in [2.24, 2.45) is 0 Å². The van der Waals surface area contributed by atoms with Gasteiger partial charge in [0.15, 0.2) is 6.10 Å². The van der Waals surface area contributed by atoms with Gasteiger partial charge in [0.05, 0.1) is 5.69 Å². The summed E-state index contributed by atoms with van der Waals surface area (Å²) in [4.78, 5) is 25.7. The molecule has 130 valence electrons. The van der Waals surface area contributed by atoms with Gasteiger partial charge in [-0.2, -0.15) is 0 Å². The molecule has 3 rings (SSSR count). The van der Waals surface area contributed by atoms with Crippen LogP contribution in [0, 0.1) is 0 Å². The van der Waals surface area contributed by atoms with E-state index in [4.69, 9.17) is 4.74 Å². The third-order valence-corrected chi connectivity index (χ3v) is 4.34. The number of carbonyl (C=O) groups excluding carboxylic acids is 2.